The Kier molecular flexibility index (Phi) is 6.87. The maximum atomic E-state index is 11.8. The van der Waals surface area contributed by atoms with Crippen LogP contribution in [0, 0.1) is 0 Å². The van der Waals surface area contributed by atoms with Crippen LogP contribution in [0.25, 0.3) is 11.3 Å². The van der Waals surface area contributed by atoms with Crippen LogP contribution in [0.3, 0.4) is 0 Å². The van der Waals surface area contributed by atoms with Gasteiger partial charge in [0.2, 0.25) is 10.0 Å². The zero-order chi connectivity index (χ0) is 26.9. The minimum absolute atomic E-state index is 0.307. The Morgan fingerprint density at radius 1 is 1.05 bits per heavy atom. The van der Waals surface area contributed by atoms with E-state index in [-0.39, 0.29) is 12.1 Å². The molecule has 194 valence electrons. The van der Waals surface area contributed by atoms with Crippen molar-refractivity contribution in [2.75, 3.05) is 23.0 Å². The minimum atomic E-state index is -3.40. The second-order valence-corrected chi connectivity index (χ2v) is 10.8. The number of anilines is 2. The highest BCUT2D eigenvalue weighted by Crippen LogP contribution is 2.43. The summed E-state index contributed by atoms with van der Waals surface area (Å²) in [6, 6.07) is 22.7. The molecule has 5 rings (SSSR count). The molecule has 0 aliphatic carbocycles. The smallest absolute Gasteiger partial charge is 0.337 e. The molecule has 4 aromatic rings. The number of furan rings is 1. The zero-order valence-electron chi connectivity index (χ0n) is 20.5. The van der Waals surface area contributed by atoms with Crippen molar-refractivity contribution in [2.24, 2.45) is 0 Å². The predicted octanol–water partition coefficient (Wildman–Crippen LogP) is 4.68. The van der Waals surface area contributed by atoms with Crippen LogP contribution in [0.4, 0.5) is 11.4 Å². The molecular weight excluding hydrogens is 524 g/mol. The number of carbonyl (C=O) groups excluding carboxylic acids is 1. The van der Waals surface area contributed by atoms with Gasteiger partial charge in [0.05, 0.1) is 30.7 Å². The van der Waals surface area contributed by atoms with Crippen molar-refractivity contribution in [3.05, 3.63) is 102 Å². The molecule has 9 nitrogen and oxygen atoms in total. The zero-order valence-corrected chi connectivity index (χ0v) is 22.1. The molecule has 38 heavy (non-hydrogen) atoms. The Bertz CT molecular complexity index is 1570. The quantitative estimate of drug-likeness (QED) is 0.251. The van der Waals surface area contributed by atoms with E-state index in [1.165, 1.54) is 7.11 Å². The minimum Gasteiger partial charge on any atom is -0.465 e. The molecule has 0 spiro atoms. The Morgan fingerprint density at radius 2 is 1.79 bits per heavy atom. The van der Waals surface area contributed by atoms with Gasteiger partial charge >= 0.3 is 5.97 Å². The predicted molar refractivity (Wildman–Crippen MR) is 148 cm³/mol. The number of hydrogen-bond acceptors (Lipinski definition) is 7. The van der Waals surface area contributed by atoms with E-state index in [9.17, 15) is 13.2 Å². The third-order valence-electron chi connectivity index (χ3n) is 6.06. The van der Waals surface area contributed by atoms with Gasteiger partial charge in [0, 0.05) is 23.1 Å². The number of pyridine rings is 1. The van der Waals surface area contributed by atoms with E-state index in [0.717, 1.165) is 23.2 Å². The molecule has 2 atom stereocenters. The van der Waals surface area contributed by atoms with Crippen LogP contribution < -0.4 is 14.9 Å². The highest BCUT2D eigenvalue weighted by atomic mass is 32.2. The van der Waals surface area contributed by atoms with Crippen LogP contribution in [0.2, 0.25) is 0 Å². The molecule has 1 aliphatic heterocycles. The van der Waals surface area contributed by atoms with Crippen LogP contribution in [-0.2, 0) is 14.8 Å². The van der Waals surface area contributed by atoms with Gasteiger partial charge < -0.3 is 19.4 Å². The highest BCUT2D eigenvalue weighted by Gasteiger charge is 2.42. The van der Waals surface area contributed by atoms with E-state index in [4.69, 9.17) is 21.4 Å². The van der Waals surface area contributed by atoms with Crippen molar-refractivity contribution in [2.45, 2.75) is 12.1 Å². The molecule has 3 heterocycles. The molecule has 0 saturated carbocycles. The standard InChI is InChI=1S/C27H24N4O5S2/c1-35-26(32)18-8-6-17(7-9-18)22-14-15-23(36-22)25-24(21-5-3-4-16-28-21)29-27(37)31(25)20-12-10-19(11-13-20)30-38(2,33)34/h3-16,24-25,30H,1-2H3,(H,29,37)/t24-,25+/m0/s1. The lowest BCUT2D eigenvalue weighted by atomic mass is 10.0. The topological polar surface area (TPSA) is 114 Å². The summed E-state index contributed by atoms with van der Waals surface area (Å²) in [5.41, 5.74) is 3.24. The van der Waals surface area contributed by atoms with Crippen LogP contribution in [-0.4, -0.2) is 37.8 Å². The molecule has 2 aromatic carbocycles. The summed E-state index contributed by atoms with van der Waals surface area (Å²) in [7, 11) is -2.06. The average molecular weight is 549 g/mol. The number of aromatic nitrogens is 1. The first-order chi connectivity index (χ1) is 18.2. The van der Waals surface area contributed by atoms with Crippen molar-refractivity contribution in [3.8, 4) is 11.3 Å². The van der Waals surface area contributed by atoms with E-state index >= 15 is 0 Å². The Hall–Kier alpha value is -4.22. The Balaban J connectivity index is 1.51. The van der Waals surface area contributed by atoms with E-state index in [1.807, 2.05) is 35.2 Å². The average Bonchev–Trinajstić information content (AvgIpc) is 3.53. The highest BCUT2D eigenvalue weighted by molar-refractivity contribution is 7.92. The number of ether oxygens (including phenoxy) is 1. The molecule has 1 fully saturated rings. The summed E-state index contributed by atoms with van der Waals surface area (Å²) in [4.78, 5) is 18.3. The summed E-state index contributed by atoms with van der Waals surface area (Å²) in [5, 5.41) is 3.85. The van der Waals surface area contributed by atoms with Gasteiger partial charge in [-0.3, -0.25) is 9.71 Å². The van der Waals surface area contributed by atoms with E-state index < -0.39 is 16.0 Å². The van der Waals surface area contributed by atoms with Crippen LogP contribution in [0.1, 0.15) is 33.9 Å². The molecule has 1 aliphatic rings. The van der Waals surface area contributed by atoms with E-state index in [1.54, 1.807) is 54.7 Å². The van der Waals surface area contributed by atoms with Gasteiger partial charge in [-0.2, -0.15) is 0 Å². The molecule has 0 unspecified atom stereocenters. The number of esters is 1. The Labute approximate surface area is 225 Å². The number of hydrogen-bond donors (Lipinski definition) is 2. The number of carbonyl (C=O) groups is 1. The number of methoxy groups -OCH3 is 1. The van der Waals surface area contributed by atoms with Crippen molar-refractivity contribution < 1.29 is 22.4 Å². The van der Waals surface area contributed by atoms with Crippen molar-refractivity contribution in [3.63, 3.8) is 0 Å². The number of thiocarbonyl (C=S) groups is 1. The summed E-state index contributed by atoms with van der Waals surface area (Å²) in [6.07, 6.45) is 2.83. The van der Waals surface area contributed by atoms with Gasteiger partial charge in [0.1, 0.15) is 17.6 Å². The van der Waals surface area contributed by atoms with Gasteiger partial charge in [-0.05, 0) is 72.9 Å². The van der Waals surface area contributed by atoms with Gasteiger partial charge in [0.25, 0.3) is 0 Å². The second-order valence-electron chi connectivity index (χ2n) is 8.69. The maximum absolute atomic E-state index is 11.8. The lowest BCUT2D eigenvalue weighted by Crippen LogP contribution is -2.29. The lowest BCUT2D eigenvalue weighted by Gasteiger charge is -2.26. The van der Waals surface area contributed by atoms with E-state index in [0.29, 0.717) is 27.9 Å². The summed E-state index contributed by atoms with van der Waals surface area (Å²) in [6.45, 7) is 0. The van der Waals surface area contributed by atoms with Crippen molar-refractivity contribution in [1.82, 2.24) is 10.3 Å². The molecular formula is C27H24N4O5S2. The van der Waals surface area contributed by atoms with Gasteiger partial charge in [-0.15, -0.1) is 0 Å². The number of sulfonamides is 1. The first kappa shape index (κ1) is 25.4. The third kappa shape index (κ3) is 5.24. The molecule has 2 aromatic heterocycles. The van der Waals surface area contributed by atoms with Crippen LogP contribution >= 0.6 is 12.2 Å². The van der Waals surface area contributed by atoms with Crippen molar-refractivity contribution >= 4 is 44.7 Å². The summed E-state index contributed by atoms with van der Waals surface area (Å²) >= 11 is 5.74. The number of nitrogens with one attached hydrogen (secondary N) is 2. The molecule has 0 amide bonds. The first-order valence-corrected chi connectivity index (χ1v) is 13.9. The molecule has 2 N–H and O–H groups in total. The fraction of sp³-hybridized carbons (Fsp3) is 0.148. The second kappa shape index (κ2) is 10.3. The molecule has 0 bridgehead atoms. The van der Waals surface area contributed by atoms with Gasteiger partial charge in [-0.25, -0.2) is 13.2 Å². The molecule has 0 radical (unpaired) electrons. The van der Waals surface area contributed by atoms with Crippen LogP contribution in [0.15, 0.2) is 89.5 Å². The Morgan fingerprint density at radius 3 is 2.42 bits per heavy atom. The normalized spacial score (nSPS) is 17.2. The van der Waals surface area contributed by atoms with Crippen molar-refractivity contribution in [1.29, 1.82) is 0 Å². The number of nitrogens with zero attached hydrogens (tertiary/aromatic N) is 2. The summed E-state index contributed by atoms with van der Waals surface area (Å²) in [5.74, 6) is 0.869. The monoisotopic (exact) mass is 548 g/mol. The number of benzene rings is 2. The van der Waals surface area contributed by atoms with E-state index in [2.05, 4.69) is 15.0 Å². The van der Waals surface area contributed by atoms with Gasteiger partial charge in [-0.1, -0.05) is 18.2 Å². The summed E-state index contributed by atoms with van der Waals surface area (Å²) < 4.78 is 36.8. The fourth-order valence-corrected chi connectivity index (χ4v) is 5.29. The lowest BCUT2D eigenvalue weighted by molar-refractivity contribution is 0.0600. The molecule has 1 saturated heterocycles. The number of rotatable bonds is 7. The third-order valence-corrected chi connectivity index (χ3v) is 6.98. The van der Waals surface area contributed by atoms with Gasteiger partial charge in [0.15, 0.2) is 5.11 Å². The maximum Gasteiger partial charge on any atom is 0.337 e. The van der Waals surface area contributed by atoms with Crippen LogP contribution in [0.5, 0.6) is 0 Å². The fourth-order valence-electron chi connectivity index (χ4n) is 4.38. The SMILES string of the molecule is COC(=O)c1ccc(-c2ccc([C@@H]3[C@H](c4ccccn4)NC(=S)N3c3ccc(NS(C)(=O)=O)cc3)o2)cc1. The molecule has 11 heteroatoms. The largest absolute Gasteiger partial charge is 0.465 e. The first-order valence-electron chi connectivity index (χ1n) is 11.6.